The Hall–Kier alpha value is -3.42. The van der Waals surface area contributed by atoms with E-state index in [1.807, 2.05) is 0 Å². The molecule has 14 heteroatoms. The van der Waals surface area contributed by atoms with Crippen LogP contribution in [0.4, 0.5) is 0 Å². The molecule has 10 N–H and O–H groups in total. The van der Waals surface area contributed by atoms with E-state index in [0.717, 1.165) is 0 Å². The molecule has 0 aromatic heterocycles. The maximum absolute atomic E-state index is 12.7. The van der Waals surface area contributed by atoms with Gasteiger partial charge < -0.3 is 43.2 Å². The molecule has 0 spiro atoms. The first kappa shape index (κ1) is 27.6. The van der Waals surface area contributed by atoms with E-state index in [9.17, 15) is 24.0 Å². The van der Waals surface area contributed by atoms with E-state index >= 15 is 0 Å². The van der Waals surface area contributed by atoms with E-state index in [-0.39, 0.29) is 31.4 Å². The summed E-state index contributed by atoms with van der Waals surface area (Å²) in [5, 5.41) is 16.4. The minimum atomic E-state index is -1.23. The lowest BCUT2D eigenvalue weighted by Crippen LogP contribution is -2.56. The standard InChI is InChI=1S/C19H34N8O6/c1-10(24-17(31)13-6-4-8-27(13)14(28)9-20)15(29)26-12(5-3-7-23-19(21)22)16(30)25-11(2)18(32)33/h10-13H,3-9,20H2,1-2H3,(H,24,31)(H,25,30)(H,26,29)(H,32,33)(H4,21,22,23). The highest BCUT2D eigenvalue weighted by atomic mass is 16.4. The molecule has 0 aromatic rings. The summed E-state index contributed by atoms with van der Waals surface area (Å²) in [5.74, 6) is -3.55. The quantitative estimate of drug-likeness (QED) is 0.0852. The summed E-state index contributed by atoms with van der Waals surface area (Å²) < 4.78 is 0. The largest absolute Gasteiger partial charge is 0.480 e. The molecule has 33 heavy (non-hydrogen) atoms. The van der Waals surface area contributed by atoms with Gasteiger partial charge in [0.25, 0.3) is 0 Å². The predicted octanol–water partition coefficient (Wildman–Crippen LogP) is -3.43. The van der Waals surface area contributed by atoms with Gasteiger partial charge in [-0.1, -0.05) is 0 Å². The van der Waals surface area contributed by atoms with Crippen molar-refractivity contribution in [1.29, 1.82) is 0 Å². The van der Waals surface area contributed by atoms with E-state index in [0.29, 0.717) is 25.8 Å². The zero-order chi connectivity index (χ0) is 25.1. The molecule has 0 aromatic carbocycles. The van der Waals surface area contributed by atoms with Gasteiger partial charge in [-0.15, -0.1) is 0 Å². The molecule has 1 rings (SSSR count). The molecule has 1 fully saturated rings. The van der Waals surface area contributed by atoms with Gasteiger partial charge in [0.1, 0.15) is 24.2 Å². The maximum atomic E-state index is 12.7. The molecule has 4 unspecified atom stereocenters. The van der Waals surface area contributed by atoms with E-state index in [2.05, 4.69) is 20.9 Å². The van der Waals surface area contributed by atoms with Crippen LogP contribution in [0.25, 0.3) is 0 Å². The Kier molecular flexibility index (Phi) is 11.0. The number of likely N-dealkylation sites (tertiary alicyclic amines) is 1. The number of guanidine groups is 1. The van der Waals surface area contributed by atoms with Gasteiger partial charge in [0.05, 0.1) is 6.54 Å². The number of nitrogens with zero attached hydrogens (tertiary/aromatic N) is 2. The normalized spacial score (nSPS) is 17.9. The van der Waals surface area contributed by atoms with Crippen molar-refractivity contribution in [3.8, 4) is 0 Å². The maximum Gasteiger partial charge on any atom is 0.325 e. The number of nitrogens with two attached hydrogens (primary N) is 3. The second-order valence-corrected chi connectivity index (χ2v) is 7.76. The van der Waals surface area contributed by atoms with Crippen LogP contribution in [-0.2, 0) is 24.0 Å². The van der Waals surface area contributed by atoms with Crippen LogP contribution in [0.15, 0.2) is 4.99 Å². The highest BCUT2D eigenvalue weighted by Gasteiger charge is 2.35. The average Bonchev–Trinajstić information content (AvgIpc) is 3.24. The van der Waals surface area contributed by atoms with Crippen molar-refractivity contribution in [2.24, 2.45) is 22.2 Å². The first-order valence-electron chi connectivity index (χ1n) is 10.7. The molecule has 0 saturated carbocycles. The monoisotopic (exact) mass is 470 g/mol. The number of carboxylic acid groups (broad SMARTS) is 1. The van der Waals surface area contributed by atoms with Crippen LogP contribution in [-0.4, -0.2) is 89.4 Å². The summed E-state index contributed by atoms with van der Waals surface area (Å²) in [6.07, 6.45) is 1.55. The lowest BCUT2D eigenvalue weighted by atomic mass is 10.1. The molecule has 1 heterocycles. The van der Waals surface area contributed by atoms with Gasteiger partial charge in [-0.3, -0.25) is 29.0 Å². The fraction of sp³-hybridized carbons (Fsp3) is 0.684. The molecule has 186 valence electrons. The van der Waals surface area contributed by atoms with Gasteiger partial charge in [-0.25, -0.2) is 0 Å². The van der Waals surface area contributed by atoms with Gasteiger partial charge in [0, 0.05) is 13.1 Å². The summed E-state index contributed by atoms with van der Waals surface area (Å²) in [7, 11) is 0. The molecule has 0 radical (unpaired) electrons. The molecule has 14 nitrogen and oxygen atoms in total. The molecule has 4 atom stereocenters. The topological polar surface area (TPSA) is 235 Å². The minimum Gasteiger partial charge on any atom is -0.480 e. The number of carbonyl (C=O) groups is 5. The zero-order valence-electron chi connectivity index (χ0n) is 18.9. The fourth-order valence-corrected chi connectivity index (χ4v) is 3.28. The first-order chi connectivity index (χ1) is 15.5. The Morgan fingerprint density at radius 1 is 1.06 bits per heavy atom. The van der Waals surface area contributed by atoms with Gasteiger partial charge in [-0.05, 0) is 39.5 Å². The van der Waals surface area contributed by atoms with Crippen LogP contribution in [0.5, 0.6) is 0 Å². The Balaban J connectivity index is 2.77. The number of rotatable bonds is 12. The molecule has 0 bridgehead atoms. The van der Waals surface area contributed by atoms with Crippen molar-refractivity contribution in [3.05, 3.63) is 0 Å². The number of nitrogens with one attached hydrogen (secondary N) is 3. The Morgan fingerprint density at radius 2 is 1.73 bits per heavy atom. The number of aliphatic carboxylic acids is 1. The third kappa shape index (κ3) is 8.92. The second kappa shape index (κ2) is 13.2. The van der Waals surface area contributed by atoms with Crippen molar-refractivity contribution in [2.75, 3.05) is 19.6 Å². The molecule has 1 aliphatic heterocycles. The van der Waals surface area contributed by atoms with Crippen molar-refractivity contribution < 1.29 is 29.1 Å². The molecule has 4 amide bonds. The number of hydrogen-bond acceptors (Lipinski definition) is 7. The zero-order valence-corrected chi connectivity index (χ0v) is 18.9. The smallest absolute Gasteiger partial charge is 0.325 e. The molecule has 1 aliphatic rings. The van der Waals surface area contributed by atoms with Gasteiger partial charge >= 0.3 is 5.97 Å². The van der Waals surface area contributed by atoms with Crippen molar-refractivity contribution >= 4 is 35.6 Å². The second-order valence-electron chi connectivity index (χ2n) is 7.76. The lowest BCUT2D eigenvalue weighted by Gasteiger charge is -2.26. The van der Waals surface area contributed by atoms with Crippen LogP contribution in [0, 0.1) is 0 Å². The SMILES string of the molecule is CC(NC(=O)C(CCCN=C(N)N)NC(=O)C(C)NC(=O)C1CCCN1C(=O)CN)C(=O)O. The molecular weight excluding hydrogens is 436 g/mol. The van der Waals surface area contributed by atoms with E-state index in [4.69, 9.17) is 22.3 Å². The van der Waals surface area contributed by atoms with Gasteiger partial charge in [0.15, 0.2) is 5.96 Å². The van der Waals surface area contributed by atoms with Gasteiger partial charge in [0.2, 0.25) is 23.6 Å². The molecule has 1 saturated heterocycles. The average molecular weight is 471 g/mol. The summed E-state index contributed by atoms with van der Waals surface area (Å²) in [6, 6.07) is -3.97. The summed E-state index contributed by atoms with van der Waals surface area (Å²) in [4.78, 5) is 65.9. The summed E-state index contributed by atoms with van der Waals surface area (Å²) >= 11 is 0. The van der Waals surface area contributed by atoms with Crippen LogP contribution in [0.2, 0.25) is 0 Å². The predicted molar refractivity (Wildman–Crippen MR) is 118 cm³/mol. The van der Waals surface area contributed by atoms with Crippen LogP contribution in [0.1, 0.15) is 39.5 Å². The number of carboxylic acids is 1. The number of carbonyl (C=O) groups excluding carboxylic acids is 4. The van der Waals surface area contributed by atoms with E-state index in [1.54, 1.807) is 0 Å². The van der Waals surface area contributed by atoms with E-state index in [1.165, 1.54) is 18.7 Å². The van der Waals surface area contributed by atoms with E-state index < -0.39 is 47.9 Å². The fourth-order valence-electron chi connectivity index (χ4n) is 3.28. The highest BCUT2D eigenvalue weighted by molar-refractivity contribution is 5.95. The third-order valence-electron chi connectivity index (χ3n) is 5.11. The third-order valence-corrected chi connectivity index (χ3v) is 5.11. The summed E-state index contributed by atoms with van der Waals surface area (Å²) in [6.45, 7) is 3.12. The van der Waals surface area contributed by atoms with Crippen LogP contribution in [0.3, 0.4) is 0 Å². The van der Waals surface area contributed by atoms with Crippen molar-refractivity contribution in [1.82, 2.24) is 20.9 Å². The number of amides is 4. The molecule has 0 aliphatic carbocycles. The van der Waals surface area contributed by atoms with Crippen LogP contribution >= 0.6 is 0 Å². The van der Waals surface area contributed by atoms with Crippen molar-refractivity contribution in [2.45, 2.75) is 63.7 Å². The summed E-state index contributed by atoms with van der Waals surface area (Å²) in [5.41, 5.74) is 15.9. The molecular formula is C19H34N8O6. The Morgan fingerprint density at radius 3 is 2.30 bits per heavy atom. The van der Waals surface area contributed by atoms with Crippen molar-refractivity contribution in [3.63, 3.8) is 0 Å². The Labute approximate surface area is 191 Å². The number of hydrogen-bond donors (Lipinski definition) is 7. The van der Waals surface area contributed by atoms with Gasteiger partial charge in [-0.2, -0.15) is 0 Å². The Bertz CT molecular complexity index is 769. The lowest BCUT2D eigenvalue weighted by molar-refractivity contribution is -0.141. The highest BCUT2D eigenvalue weighted by Crippen LogP contribution is 2.17. The minimum absolute atomic E-state index is 0.120. The first-order valence-corrected chi connectivity index (χ1v) is 10.7. The van der Waals surface area contributed by atoms with Crippen LogP contribution < -0.4 is 33.2 Å². The number of aliphatic imine (C=N–C) groups is 1.